The van der Waals surface area contributed by atoms with Crippen LogP contribution < -0.4 is 16.4 Å². The Labute approximate surface area is 256 Å². The Kier molecular flexibility index (Phi) is 13.8. The van der Waals surface area contributed by atoms with Crippen LogP contribution in [0.2, 0.25) is 0 Å². The van der Waals surface area contributed by atoms with Crippen LogP contribution in [0.1, 0.15) is 20.3 Å². The van der Waals surface area contributed by atoms with Crippen LogP contribution in [0.4, 0.5) is 0 Å². The van der Waals surface area contributed by atoms with Gasteiger partial charge in [-0.2, -0.15) is 0 Å². The van der Waals surface area contributed by atoms with E-state index in [1.807, 2.05) is 0 Å². The first-order valence-electron chi connectivity index (χ1n) is 14.2. The lowest BCUT2D eigenvalue weighted by atomic mass is 9.95. The lowest BCUT2D eigenvalue weighted by Gasteiger charge is -2.48. The molecule has 0 unspecified atom stereocenters. The molecule has 0 aromatic heterocycles. The fourth-order valence-corrected chi connectivity index (χ4v) is 5.15. The molecule has 20 heteroatoms. The van der Waals surface area contributed by atoms with Crippen LogP contribution in [-0.2, 0) is 42.8 Å². The van der Waals surface area contributed by atoms with Gasteiger partial charge < -0.3 is 85.6 Å². The fraction of sp³-hybridized carbons (Fsp3) is 0.880. The SMILES string of the molecule is CC(=O)N[C@H]1[C@H](OC[C@H]2O[C@@H](OCCCN)[C@H](NC(C)=O)[C@@H](O[C@@H]3O[C@H](C(=O)O)[C@@H](O)[C@H](O)[C@H]3O)[C@H]2O)O[C@H](CO)[C@H](O)[C@@H]1O. The minimum Gasteiger partial charge on any atom is -0.479 e. The van der Waals surface area contributed by atoms with E-state index in [2.05, 4.69) is 10.6 Å². The van der Waals surface area contributed by atoms with Crippen molar-refractivity contribution in [2.75, 3.05) is 26.4 Å². The third kappa shape index (κ3) is 9.02. The number of aliphatic carboxylic acids is 1. The van der Waals surface area contributed by atoms with Crippen molar-refractivity contribution in [3.8, 4) is 0 Å². The third-order valence-corrected chi connectivity index (χ3v) is 7.45. The summed E-state index contributed by atoms with van der Waals surface area (Å²) in [4.78, 5) is 35.5. The number of ether oxygens (including phenoxy) is 6. The summed E-state index contributed by atoms with van der Waals surface area (Å²) in [7, 11) is 0. The second kappa shape index (κ2) is 16.6. The zero-order valence-corrected chi connectivity index (χ0v) is 24.5. The van der Waals surface area contributed by atoms with Gasteiger partial charge in [-0.05, 0) is 13.0 Å². The van der Waals surface area contributed by atoms with Crippen molar-refractivity contribution >= 4 is 17.8 Å². The van der Waals surface area contributed by atoms with Gasteiger partial charge in [-0.25, -0.2) is 4.79 Å². The summed E-state index contributed by atoms with van der Waals surface area (Å²) >= 11 is 0. The maximum atomic E-state index is 12.1. The lowest BCUT2D eigenvalue weighted by molar-refractivity contribution is -0.345. The quantitative estimate of drug-likeness (QED) is 0.0820. The molecule has 15 atom stereocenters. The number of aliphatic hydroxyl groups excluding tert-OH is 7. The number of aliphatic hydroxyl groups is 7. The molecule has 12 N–H and O–H groups in total. The molecule has 3 aliphatic heterocycles. The molecule has 0 bridgehead atoms. The molecule has 0 radical (unpaired) electrons. The fourth-order valence-electron chi connectivity index (χ4n) is 5.15. The summed E-state index contributed by atoms with van der Waals surface area (Å²) < 4.78 is 33.9. The minimum absolute atomic E-state index is 0.000788. The van der Waals surface area contributed by atoms with Crippen molar-refractivity contribution in [1.29, 1.82) is 0 Å². The largest absolute Gasteiger partial charge is 0.479 e. The number of nitrogens with two attached hydrogens (primary N) is 1. The Morgan fingerprint density at radius 2 is 1.33 bits per heavy atom. The summed E-state index contributed by atoms with van der Waals surface area (Å²) in [6, 6.07) is -2.66. The van der Waals surface area contributed by atoms with E-state index in [0.29, 0.717) is 6.42 Å². The summed E-state index contributed by atoms with van der Waals surface area (Å²) in [5.41, 5.74) is 5.55. The molecule has 45 heavy (non-hydrogen) atoms. The molecule has 0 spiro atoms. The van der Waals surface area contributed by atoms with E-state index in [1.54, 1.807) is 0 Å². The molecule has 3 saturated heterocycles. The smallest absolute Gasteiger partial charge is 0.335 e. The molecule has 3 rings (SSSR count). The number of carboxylic acids is 1. The second-order valence-electron chi connectivity index (χ2n) is 10.9. The molecular weight excluding hydrogens is 614 g/mol. The number of carbonyl (C=O) groups is 3. The monoisotopic (exact) mass is 657 g/mol. The third-order valence-electron chi connectivity index (χ3n) is 7.45. The van der Waals surface area contributed by atoms with Crippen LogP contribution in [-0.4, -0.2) is 177 Å². The number of hydrogen-bond acceptors (Lipinski definition) is 17. The Balaban J connectivity index is 1.89. The minimum atomic E-state index is -2.04. The van der Waals surface area contributed by atoms with Gasteiger partial charge in [0, 0.05) is 13.8 Å². The molecule has 2 amide bonds. The number of carboxylic acid groups (broad SMARTS) is 1. The van der Waals surface area contributed by atoms with E-state index in [-0.39, 0.29) is 13.2 Å². The highest BCUT2D eigenvalue weighted by atomic mass is 16.7. The van der Waals surface area contributed by atoms with Gasteiger partial charge in [0.05, 0.1) is 19.8 Å². The van der Waals surface area contributed by atoms with Gasteiger partial charge in [-0.15, -0.1) is 0 Å². The van der Waals surface area contributed by atoms with Crippen molar-refractivity contribution in [2.24, 2.45) is 5.73 Å². The molecule has 0 aliphatic carbocycles. The van der Waals surface area contributed by atoms with Crippen molar-refractivity contribution in [1.82, 2.24) is 10.6 Å². The van der Waals surface area contributed by atoms with E-state index in [1.165, 1.54) is 0 Å². The average Bonchev–Trinajstić information content (AvgIpc) is 2.97. The Bertz CT molecular complexity index is 994. The molecule has 3 aliphatic rings. The zero-order chi connectivity index (χ0) is 33.6. The maximum Gasteiger partial charge on any atom is 0.335 e. The Morgan fingerprint density at radius 3 is 1.91 bits per heavy atom. The maximum absolute atomic E-state index is 12.1. The van der Waals surface area contributed by atoms with Crippen LogP contribution in [0.25, 0.3) is 0 Å². The van der Waals surface area contributed by atoms with Crippen LogP contribution in [0.15, 0.2) is 0 Å². The van der Waals surface area contributed by atoms with Crippen LogP contribution in [0.5, 0.6) is 0 Å². The molecule has 260 valence electrons. The molecule has 0 aromatic carbocycles. The normalized spacial score (nSPS) is 42.1. The standard InChI is InChI=1S/C25H43N3O17/c1-8(30)27-12-16(34)14(32)10(6-29)42-23(12)41-7-11-15(33)20(13(28-9(2)31)24(43-11)40-5-3-4-26)44-25-19(37)17(35)18(36)21(45-25)22(38)39/h10-21,23-25,29,32-37H,3-7,26H2,1-2H3,(H,27,30)(H,28,31)(H,38,39)/t10-,11-,12-,13-,14+,15+,16-,17+,18+,19-,20-,21+,23-,24-,25-/m1/s1. The van der Waals surface area contributed by atoms with Crippen LogP contribution in [0.3, 0.4) is 0 Å². The van der Waals surface area contributed by atoms with Gasteiger partial charge in [-0.3, -0.25) is 9.59 Å². The van der Waals surface area contributed by atoms with Crippen molar-refractivity contribution in [3.63, 3.8) is 0 Å². The highest BCUT2D eigenvalue weighted by Gasteiger charge is 2.53. The predicted octanol–water partition coefficient (Wildman–Crippen LogP) is -6.82. The van der Waals surface area contributed by atoms with Gasteiger partial charge in [-0.1, -0.05) is 0 Å². The lowest BCUT2D eigenvalue weighted by Crippen LogP contribution is -2.69. The van der Waals surface area contributed by atoms with E-state index < -0.39 is 123 Å². The number of rotatable bonds is 13. The van der Waals surface area contributed by atoms with Gasteiger partial charge >= 0.3 is 5.97 Å². The molecule has 0 aromatic rings. The van der Waals surface area contributed by atoms with Crippen molar-refractivity contribution in [3.05, 3.63) is 0 Å². The molecule has 3 fully saturated rings. The van der Waals surface area contributed by atoms with Crippen molar-refractivity contribution in [2.45, 2.75) is 112 Å². The Hall–Kier alpha value is -2.15. The molecule has 0 saturated carbocycles. The van der Waals surface area contributed by atoms with Crippen LogP contribution >= 0.6 is 0 Å². The van der Waals surface area contributed by atoms with E-state index in [4.69, 9.17) is 34.2 Å². The van der Waals surface area contributed by atoms with Crippen LogP contribution in [0, 0.1) is 0 Å². The first kappa shape index (κ1) is 37.3. The molecule has 3 heterocycles. The summed E-state index contributed by atoms with van der Waals surface area (Å²) in [5, 5.41) is 86.9. The van der Waals surface area contributed by atoms with E-state index in [0.717, 1.165) is 13.8 Å². The van der Waals surface area contributed by atoms with Gasteiger partial charge in [0.25, 0.3) is 0 Å². The van der Waals surface area contributed by atoms with E-state index in [9.17, 15) is 55.2 Å². The molecular formula is C25H43N3O17. The number of carbonyl (C=O) groups excluding carboxylic acids is 2. The summed E-state index contributed by atoms with van der Waals surface area (Å²) in [6.07, 6.45) is -21.9. The first-order chi connectivity index (χ1) is 21.2. The van der Waals surface area contributed by atoms with E-state index >= 15 is 0 Å². The van der Waals surface area contributed by atoms with Gasteiger partial charge in [0.1, 0.15) is 67.0 Å². The predicted molar refractivity (Wildman–Crippen MR) is 142 cm³/mol. The van der Waals surface area contributed by atoms with Gasteiger partial charge in [0.2, 0.25) is 11.8 Å². The average molecular weight is 658 g/mol. The second-order valence-corrected chi connectivity index (χ2v) is 10.9. The highest BCUT2D eigenvalue weighted by Crippen LogP contribution is 2.31. The van der Waals surface area contributed by atoms with Crippen molar-refractivity contribution < 1.29 is 83.7 Å². The zero-order valence-electron chi connectivity index (χ0n) is 24.5. The molecule has 20 nitrogen and oxygen atoms in total. The summed E-state index contributed by atoms with van der Waals surface area (Å²) in [6.45, 7) is 1.19. The number of nitrogens with one attached hydrogen (secondary N) is 2. The van der Waals surface area contributed by atoms with Gasteiger partial charge in [0.15, 0.2) is 25.0 Å². The topological polar surface area (TPSA) is 319 Å². The number of hydrogen-bond donors (Lipinski definition) is 11. The highest BCUT2D eigenvalue weighted by molar-refractivity contribution is 5.74. The first-order valence-corrected chi connectivity index (χ1v) is 14.2. The Morgan fingerprint density at radius 1 is 0.733 bits per heavy atom. The summed E-state index contributed by atoms with van der Waals surface area (Å²) in [5.74, 6) is -2.93. The number of amides is 2.